The third-order valence-corrected chi connectivity index (χ3v) is 3.95. The molecule has 130 valence electrons. The van der Waals surface area contributed by atoms with Crippen molar-refractivity contribution in [1.29, 1.82) is 0 Å². The molecule has 8 nitrogen and oxygen atoms in total. The number of carbonyl (C=O) groups is 2. The minimum atomic E-state index is -0.779. The second-order valence-electron chi connectivity index (χ2n) is 5.81. The summed E-state index contributed by atoms with van der Waals surface area (Å²) in [6.07, 6.45) is 2.02. The van der Waals surface area contributed by atoms with Crippen molar-refractivity contribution in [3.8, 4) is 5.75 Å². The van der Waals surface area contributed by atoms with E-state index in [4.69, 9.17) is 9.47 Å². The number of amides is 1. The Balaban J connectivity index is 1.98. The van der Waals surface area contributed by atoms with E-state index in [0.717, 1.165) is 18.9 Å². The van der Waals surface area contributed by atoms with Crippen LogP contribution in [-0.4, -0.2) is 48.5 Å². The molecule has 0 saturated carbocycles. The van der Waals surface area contributed by atoms with Crippen LogP contribution in [0, 0.1) is 16.0 Å². The zero-order valence-corrected chi connectivity index (χ0v) is 13.7. The molecule has 1 amide bonds. The fourth-order valence-corrected chi connectivity index (χ4v) is 2.68. The highest BCUT2D eigenvalue weighted by Gasteiger charge is 2.23. The first kappa shape index (κ1) is 17.7. The van der Waals surface area contributed by atoms with Gasteiger partial charge < -0.3 is 14.4 Å². The molecule has 1 atom stereocenters. The summed E-state index contributed by atoms with van der Waals surface area (Å²) in [7, 11) is 1.30. The van der Waals surface area contributed by atoms with Gasteiger partial charge in [0.15, 0.2) is 12.4 Å². The maximum atomic E-state index is 12.1. The Kier molecular flexibility index (Phi) is 5.73. The monoisotopic (exact) mass is 336 g/mol. The highest BCUT2D eigenvalue weighted by molar-refractivity contribution is 5.92. The highest BCUT2D eigenvalue weighted by atomic mass is 16.6. The molecule has 1 aliphatic rings. The molecule has 0 N–H and O–H groups in total. The van der Waals surface area contributed by atoms with E-state index in [1.807, 2.05) is 0 Å². The number of rotatable bonds is 5. The van der Waals surface area contributed by atoms with E-state index in [2.05, 4.69) is 6.92 Å². The van der Waals surface area contributed by atoms with Gasteiger partial charge in [-0.2, -0.15) is 0 Å². The van der Waals surface area contributed by atoms with Crippen LogP contribution in [0.2, 0.25) is 0 Å². The summed E-state index contributed by atoms with van der Waals surface area (Å²) in [6.45, 7) is 3.02. The summed E-state index contributed by atoms with van der Waals surface area (Å²) in [4.78, 5) is 36.1. The standard InChI is InChI=1S/C16H20N2O6/c1-11-4-3-7-17(9-11)15(19)10-24-16(20)12-5-6-14(23-2)13(8-12)18(21)22/h5-6,8,11H,3-4,7,9-10H2,1-2H3/t11-/m0/s1. The predicted molar refractivity (Wildman–Crippen MR) is 84.9 cm³/mol. The number of esters is 1. The third kappa shape index (κ3) is 4.21. The second kappa shape index (κ2) is 7.76. The van der Waals surface area contributed by atoms with Gasteiger partial charge in [-0.15, -0.1) is 0 Å². The van der Waals surface area contributed by atoms with Gasteiger partial charge in [0.2, 0.25) is 0 Å². The predicted octanol–water partition coefficient (Wildman–Crippen LogP) is 2.02. The molecule has 0 bridgehead atoms. The summed E-state index contributed by atoms with van der Waals surface area (Å²) >= 11 is 0. The van der Waals surface area contributed by atoms with Crippen LogP contribution >= 0.6 is 0 Å². The number of carbonyl (C=O) groups excluding carboxylic acids is 2. The number of likely N-dealkylation sites (tertiary alicyclic amines) is 1. The zero-order valence-electron chi connectivity index (χ0n) is 13.7. The average molecular weight is 336 g/mol. The fraction of sp³-hybridized carbons (Fsp3) is 0.500. The largest absolute Gasteiger partial charge is 0.490 e. The van der Waals surface area contributed by atoms with Gasteiger partial charge in [-0.25, -0.2) is 4.79 Å². The summed E-state index contributed by atoms with van der Waals surface area (Å²) in [5.41, 5.74) is -0.328. The SMILES string of the molecule is COc1ccc(C(=O)OCC(=O)N2CCC[C@H](C)C2)cc1[N+](=O)[O-]. The van der Waals surface area contributed by atoms with Gasteiger partial charge in [-0.1, -0.05) is 6.92 Å². The molecule has 1 aromatic rings. The van der Waals surface area contributed by atoms with Gasteiger partial charge in [0, 0.05) is 19.2 Å². The van der Waals surface area contributed by atoms with Crippen LogP contribution in [0.25, 0.3) is 0 Å². The Morgan fingerprint density at radius 2 is 2.17 bits per heavy atom. The van der Waals surface area contributed by atoms with Crippen LogP contribution in [0.5, 0.6) is 5.75 Å². The van der Waals surface area contributed by atoms with Crippen LogP contribution in [0.4, 0.5) is 5.69 Å². The van der Waals surface area contributed by atoms with Gasteiger partial charge in [0.1, 0.15) is 0 Å². The minimum absolute atomic E-state index is 0.00214. The molecule has 2 rings (SSSR count). The van der Waals surface area contributed by atoms with Crippen molar-refractivity contribution in [3.05, 3.63) is 33.9 Å². The maximum Gasteiger partial charge on any atom is 0.338 e. The van der Waals surface area contributed by atoms with Gasteiger partial charge in [-0.05, 0) is 30.9 Å². The first-order valence-corrected chi connectivity index (χ1v) is 7.69. The number of nitro groups is 1. The Hall–Kier alpha value is -2.64. The van der Waals surface area contributed by atoms with Gasteiger partial charge in [0.25, 0.3) is 5.91 Å². The normalized spacial score (nSPS) is 17.2. The van der Waals surface area contributed by atoms with Crippen LogP contribution < -0.4 is 4.74 Å². The molecule has 0 aliphatic carbocycles. The first-order valence-electron chi connectivity index (χ1n) is 7.69. The van der Waals surface area contributed by atoms with E-state index in [9.17, 15) is 19.7 Å². The van der Waals surface area contributed by atoms with Crippen molar-refractivity contribution in [2.24, 2.45) is 5.92 Å². The highest BCUT2D eigenvalue weighted by Crippen LogP contribution is 2.27. The number of ether oxygens (including phenoxy) is 2. The molecule has 24 heavy (non-hydrogen) atoms. The number of hydrogen-bond donors (Lipinski definition) is 0. The Bertz CT molecular complexity index is 645. The Morgan fingerprint density at radius 3 is 2.79 bits per heavy atom. The summed E-state index contributed by atoms with van der Waals surface area (Å²) in [6, 6.07) is 3.76. The lowest BCUT2D eigenvalue weighted by molar-refractivity contribution is -0.385. The first-order chi connectivity index (χ1) is 11.4. The van der Waals surface area contributed by atoms with Crippen molar-refractivity contribution in [1.82, 2.24) is 4.90 Å². The average Bonchev–Trinajstić information content (AvgIpc) is 2.58. The van der Waals surface area contributed by atoms with Gasteiger partial charge >= 0.3 is 11.7 Å². The van der Waals surface area contributed by atoms with Gasteiger partial charge in [-0.3, -0.25) is 14.9 Å². The molecule has 0 radical (unpaired) electrons. The number of nitrogens with zero attached hydrogens (tertiary/aromatic N) is 2. The van der Waals surface area contributed by atoms with Crippen molar-refractivity contribution in [3.63, 3.8) is 0 Å². The van der Waals surface area contributed by atoms with Crippen molar-refractivity contribution < 1.29 is 24.0 Å². The third-order valence-electron chi connectivity index (χ3n) is 3.95. The van der Waals surface area contributed by atoms with E-state index < -0.39 is 10.9 Å². The number of piperidine rings is 1. The maximum absolute atomic E-state index is 12.1. The fourth-order valence-electron chi connectivity index (χ4n) is 2.68. The molecule has 1 fully saturated rings. The number of methoxy groups -OCH3 is 1. The van der Waals surface area contributed by atoms with E-state index >= 15 is 0 Å². The van der Waals surface area contributed by atoms with E-state index in [-0.39, 0.29) is 29.5 Å². The topological polar surface area (TPSA) is 99.0 Å². The van der Waals surface area contributed by atoms with Crippen molar-refractivity contribution >= 4 is 17.6 Å². The molecule has 1 aromatic carbocycles. The van der Waals surface area contributed by atoms with E-state index in [1.54, 1.807) is 4.90 Å². The minimum Gasteiger partial charge on any atom is -0.490 e. The summed E-state index contributed by atoms with van der Waals surface area (Å²) < 4.78 is 9.87. The van der Waals surface area contributed by atoms with Crippen molar-refractivity contribution in [2.75, 3.05) is 26.8 Å². The van der Waals surface area contributed by atoms with E-state index in [0.29, 0.717) is 19.0 Å². The number of hydrogen-bond acceptors (Lipinski definition) is 6. The Labute approximate surface area is 139 Å². The smallest absolute Gasteiger partial charge is 0.338 e. The van der Waals surface area contributed by atoms with Crippen LogP contribution in [0.1, 0.15) is 30.1 Å². The lowest BCUT2D eigenvalue weighted by atomic mass is 10.0. The molecule has 1 aliphatic heterocycles. The molecule has 8 heteroatoms. The molecule has 0 unspecified atom stereocenters. The van der Waals surface area contributed by atoms with Crippen molar-refractivity contribution in [2.45, 2.75) is 19.8 Å². The van der Waals surface area contributed by atoms with Crippen LogP contribution in [0.3, 0.4) is 0 Å². The molecular formula is C16H20N2O6. The van der Waals surface area contributed by atoms with E-state index in [1.165, 1.54) is 19.2 Å². The quantitative estimate of drug-likeness (QED) is 0.463. The molecule has 0 aromatic heterocycles. The molecule has 0 spiro atoms. The summed E-state index contributed by atoms with van der Waals surface area (Å²) in [5.74, 6) is -0.547. The Morgan fingerprint density at radius 1 is 1.42 bits per heavy atom. The molecule has 1 saturated heterocycles. The lowest BCUT2D eigenvalue weighted by Gasteiger charge is -2.30. The van der Waals surface area contributed by atoms with Crippen LogP contribution in [-0.2, 0) is 9.53 Å². The number of nitro benzene ring substituents is 1. The molecular weight excluding hydrogens is 316 g/mol. The molecule has 1 heterocycles. The lowest BCUT2D eigenvalue weighted by Crippen LogP contribution is -2.41. The second-order valence-corrected chi connectivity index (χ2v) is 5.81. The summed E-state index contributed by atoms with van der Waals surface area (Å²) in [5, 5.41) is 11.0. The van der Waals surface area contributed by atoms with Gasteiger partial charge in [0.05, 0.1) is 17.6 Å². The number of benzene rings is 1. The van der Waals surface area contributed by atoms with Crippen LogP contribution in [0.15, 0.2) is 18.2 Å². The zero-order chi connectivity index (χ0) is 17.7.